The Balaban J connectivity index is 1.63. The number of likely N-dealkylation sites (tertiary alicyclic amines) is 1. The molecule has 2 atom stereocenters. The van der Waals surface area contributed by atoms with Crippen LogP contribution in [0.25, 0.3) is 0 Å². The number of anilines is 1. The van der Waals surface area contributed by atoms with E-state index in [-0.39, 0.29) is 22.5 Å². The van der Waals surface area contributed by atoms with Crippen LogP contribution in [0.1, 0.15) is 24.9 Å². The fourth-order valence-corrected chi connectivity index (χ4v) is 4.19. The van der Waals surface area contributed by atoms with Crippen molar-refractivity contribution in [3.63, 3.8) is 0 Å². The van der Waals surface area contributed by atoms with Gasteiger partial charge in [-0.05, 0) is 31.0 Å². The van der Waals surface area contributed by atoms with E-state index in [2.05, 4.69) is 15.0 Å². The van der Waals surface area contributed by atoms with Crippen LogP contribution in [0.15, 0.2) is 53.6 Å². The second kappa shape index (κ2) is 8.37. The molecule has 0 aliphatic carbocycles. The summed E-state index contributed by atoms with van der Waals surface area (Å²) in [5.41, 5.74) is 0.853. The summed E-state index contributed by atoms with van der Waals surface area (Å²) in [5.74, 6) is -0.231. The Morgan fingerprint density at radius 1 is 1.29 bits per heavy atom. The zero-order valence-electron chi connectivity index (χ0n) is 15.4. The number of nitriles is 1. The number of hydrogen-bond donors (Lipinski definition) is 2. The van der Waals surface area contributed by atoms with Crippen molar-refractivity contribution in [1.29, 1.82) is 5.26 Å². The molecule has 1 amide bonds. The molecule has 1 aliphatic rings. The molecule has 2 aromatic rings. The number of aromatic nitrogens is 1. The summed E-state index contributed by atoms with van der Waals surface area (Å²) >= 11 is 0. The van der Waals surface area contributed by atoms with Gasteiger partial charge in [-0.15, -0.1) is 0 Å². The van der Waals surface area contributed by atoms with Gasteiger partial charge in [-0.25, -0.2) is 18.1 Å². The van der Waals surface area contributed by atoms with E-state index in [4.69, 9.17) is 5.26 Å². The first kappa shape index (κ1) is 19.8. The fraction of sp³-hybridized carbons (Fsp3) is 0.316. The van der Waals surface area contributed by atoms with Crippen LogP contribution in [0, 0.1) is 17.4 Å². The summed E-state index contributed by atoms with van der Waals surface area (Å²) < 4.78 is 27.7. The first-order chi connectivity index (χ1) is 13.4. The molecule has 2 unspecified atom stereocenters. The number of rotatable bonds is 6. The first-order valence-corrected chi connectivity index (χ1v) is 10.4. The topological polar surface area (TPSA) is 115 Å². The van der Waals surface area contributed by atoms with E-state index < -0.39 is 16.1 Å². The molecule has 0 radical (unpaired) electrons. The maximum Gasteiger partial charge on any atom is 0.242 e. The lowest BCUT2D eigenvalue weighted by Gasteiger charge is -2.15. The van der Waals surface area contributed by atoms with Crippen molar-refractivity contribution < 1.29 is 13.2 Å². The first-order valence-electron chi connectivity index (χ1n) is 8.88. The van der Waals surface area contributed by atoms with E-state index in [1.165, 1.54) is 23.2 Å². The van der Waals surface area contributed by atoms with Gasteiger partial charge in [0.25, 0.3) is 0 Å². The molecule has 2 heterocycles. The fourth-order valence-electron chi connectivity index (χ4n) is 3.02. The monoisotopic (exact) mass is 399 g/mol. The number of carbonyl (C=O) groups is 1. The number of pyridine rings is 1. The summed E-state index contributed by atoms with van der Waals surface area (Å²) in [6.07, 6.45) is 3.85. The lowest BCUT2D eigenvalue weighted by Crippen LogP contribution is -2.27. The number of nitrogens with zero attached hydrogens (tertiary/aromatic N) is 3. The van der Waals surface area contributed by atoms with Gasteiger partial charge in [-0.2, -0.15) is 5.26 Å². The standard InChI is InChI=1S/C19H21N5O3S/c1-14(15-5-3-2-4-6-15)23-28(26,27)17-7-8-18(21-11-17)22-19(25)16-9-10-24(12-16)13-20/h2-8,11,14,16,23H,9-10,12H2,1H3,(H,21,22,25). The highest BCUT2D eigenvalue weighted by Crippen LogP contribution is 2.19. The third-order valence-corrected chi connectivity index (χ3v) is 6.16. The minimum absolute atomic E-state index is 0.0183. The van der Waals surface area contributed by atoms with Crippen LogP contribution in [-0.4, -0.2) is 37.3 Å². The molecule has 146 valence electrons. The predicted octanol–water partition coefficient (Wildman–Crippen LogP) is 1.86. The van der Waals surface area contributed by atoms with Crippen LogP contribution in [-0.2, 0) is 14.8 Å². The second-order valence-electron chi connectivity index (χ2n) is 6.65. The third-order valence-electron chi connectivity index (χ3n) is 4.63. The van der Waals surface area contributed by atoms with Crippen molar-refractivity contribution in [1.82, 2.24) is 14.6 Å². The van der Waals surface area contributed by atoms with Gasteiger partial charge in [0.1, 0.15) is 10.7 Å². The number of sulfonamides is 1. The van der Waals surface area contributed by atoms with Gasteiger partial charge in [-0.1, -0.05) is 30.3 Å². The average Bonchev–Trinajstić information content (AvgIpc) is 3.18. The van der Waals surface area contributed by atoms with Crippen LogP contribution in [0.4, 0.5) is 5.82 Å². The summed E-state index contributed by atoms with van der Waals surface area (Å²) in [6.45, 7) is 2.71. The van der Waals surface area contributed by atoms with Gasteiger partial charge >= 0.3 is 0 Å². The van der Waals surface area contributed by atoms with E-state index in [1.807, 2.05) is 36.5 Å². The highest BCUT2D eigenvalue weighted by atomic mass is 32.2. The smallest absolute Gasteiger partial charge is 0.242 e. The molecule has 3 rings (SSSR count). The Hall–Kier alpha value is -2.96. The molecule has 1 saturated heterocycles. The molecule has 1 fully saturated rings. The van der Waals surface area contributed by atoms with E-state index in [9.17, 15) is 13.2 Å². The van der Waals surface area contributed by atoms with Crippen LogP contribution in [0.2, 0.25) is 0 Å². The zero-order chi connectivity index (χ0) is 20.1. The maximum atomic E-state index is 12.6. The summed E-state index contributed by atoms with van der Waals surface area (Å²) in [5, 5.41) is 11.5. The van der Waals surface area contributed by atoms with Gasteiger partial charge in [-0.3, -0.25) is 4.79 Å². The number of carbonyl (C=O) groups excluding carboxylic acids is 1. The van der Waals surface area contributed by atoms with Crippen molar-refractivity contribution >= 4 is 21.7 Å². The van der Waals surface area contributed by atoms with Crippen molar-refractivity contribution in [2.24, 2.45) is 5.92 Å². The van der Waals surface area contributed by atoms with Crippen LogP contribution >= 0.6 is 0 Å². The average molecular weight is 399 g/mol. The second-order valence-corrected chi connectivity index (χ2v) is 8.37. The van der Waals surface area contributed by atoms with Gasteiger partial charge in [0.2, 0.25) is 15.9 Å². The molecule has 0 spiro atoms. The molecule has 0 bridgehead atoms. The van der Waals surface area contributed by atoms with Crippen molar-refractivity contribution in [3.8, 4) is 6.19 Å². The van der Waals surface area contributed by atoms with Crippen molar-refractivity contribution in [2.75, 3.05) is 18.4 Å². The number of benzene rings is 1. The van der Waals surface area contributed by atoms with Crippen molar-refractivity contribution in [3.05, 3.63) is 54.2 Å². The highest BCUT2D eigenvalue weighted by molar-refractivity contribution is 7.89. The summed E-state index contributed by atoms with van der Waals surface area (Å²) in [4.78, 5) is 17.8. The van der Waals surface area contributed by atoms with Crippen LogP contribution in [0.3, 0.4) is 0 Å². The Morgan fingerprint density at radius 3 is 2.64 bits per heavy atom. The SMILES string of the molecule is CC(NS(=O)(=O)c1ccc(NC(=O)C2CCN(C#N)C2)nc1)c1ccccc1. The molecule has 1 aromatic heterocycles. The molecule has 2 N–H and O–H groups in total. The van der Waals surface area contributed by atoms with Gasteiger partial charge in [0, 0.05) is 25.3 Å². The minimum atomic E-state index is -3.75. The quantitative estimate of drug-likeness (QED) is 0.717. The summed E-state index contributed by atoms with van der Waals surface area (Å²) in [7, 11) is -3.75. The lowest BCUT2D eigenvalue weighted by molar-refractivity contribution is -0.119. The molecular formula is C19H21N5O3S. The van der Waals surface area contributed by atoms with Crippen molar-refractivity contribution in [2.45, 2.75) is 24.3 Å². The maximum absolute atomic E-state index is 12.6. The number of hydrogen-bond acceptors (Lipinski definition) is 6. The third kappa shape index (κ3) is 4.65. The Labute approximate surface area is 164 Å². The Morgan fingerprint density at radius 2 is 2.04 bits per heavy atom. The van der Waals surface area contributed by atoms with Gasteiger partial charge in [0.05, 0.1) is 5.92 Å². The molecule has 1 aromatic carbocycles. The highest BCUT2D eigenvalue weighted by Gasteiger charge is 2.28. The summed E-state index contributed by atoms with van der Waals surface area (Å²) in [6, 6.07) is 11.7. The predicted molar refractivity (Wildman–Crippen MR) is 103 cm³/mol. The number of nitrogens with one attached hydrogen (secondary N) is 2. The largest absolute Gasteiger partial charge is 0.310 e. The molecule has 9 heteroatoms. The number of amides is 1. The zero-order valence-corrected chi connectivity index (χ0v) is 16.2. The van der Waals surface area contributed by atoms with Gasteiger partial charge in [0.15, 0.2) is 6.19 Å². The van der Waals surface area contributed by atoms with E-state index in [0.29, 0.717) is 19.5 Å². The Bertz CT molecular complexity index is 971. The molecule has 8 nitrogen and oxygen atoms in total. The van der Waals surface area contributed by atoms with Crippen LogP contribution in [0.5, 0.6) is 0 Å². The normalized spacial score (nSPS) is 17.7. The lowest BCUT2D eigenvalue weighted by atomic mass is 10.1. The van der Waals surface area contributed by atoms with Gasteiger partial charge < -0.3 is 10.2 Å². The molecule has 0 saturated carbocycles. The van der Waals surface area contributed by atoms with E-state index in [1.54, 1.807) is 6.92 Å². The molecular weight excluding hydrogens is 378 g/mol. The Kier molecular flexibility index (Phi) is 5.92. The molecule has 28 heavy (non-hydrogen) atoms. The molecule has 1 aliphatic heterocycles. The van der Waals surface area contributed by atoms with Crippen LogP contribution < -0.4 is 10.0 Å². The van der Waals surface area contributed by atoms with E-state index >= 15 is 0 Å². The minimum Gasteiger partial charge on any atom is -0.310 e. The van der Waals surface area contributed by atoms with E-state index in [0.717, 1.165) is 5.56 Å².